The number of hydrogen-bond donors (Lipinski definition) is 1. The lowest BCUT2D eigenvalue weighted by Gasteiger charge is -2.32. The predicted octanol–water partition coefficient (Wildman–Crippen LogP) is 3.36. The smallest absolute Gasteiger partial charge is 0.0787 e. The summed E-state index contributed by atoms with van der Waals surface area (Å²) in [6.45, 7) is 15.6. The highest BCUT2D eigenvalue weighted by Gasteiger charge is 2.46. The monoisotopic (exact) mass is 227 g/mol. The van der Waals surface area contributed by atoms with E-state index >= 15 is 0 Å². The van der Waals surface area contributed by atoms with Crippen LogP contribution in [0.15, 0.2) is 0 Å². The maximum absolute atomic E-state index is 6.11. The van der Waals surface area contributed by atoms with E-state index in [9.17, 15) is 0 Å². The minimum Gasteiger partial charge on any atom is -0.368 e. The van der Waals surface area contributed by atoms with Gasteiger partial charge in [-0.15, -0.1) is 0 Å². The third kappa shape index (κ3) is 3.21. The lowest BCUT2D eigenvalue weighted by atomic mass is 9.91. The molecule has 0 aliphatic carbocycles. The summed E-state index contributed by atoms with van der Waals surface area (Å²) < 4.78 is 6.11. The van der Waals surface area contributed by atoms with Gasteiger partial charge in [0.2, 0.25) is 0 Å². The molecule has 0 amide bonds. The quantitative estimate of drug-likeness (QED) is 0.795. The van der Waals surface area contributed by atoms with Crippen molar-refractivity contribution < 1.29 is 4.74 Å². The van der Waals surface area contributed by atoms with Gasteiger partial charge in [0.1, 0.15) is 0 Å². The average Bonchev–Trinajstić information content (AvgIpc) is 2.29. The summed E-state index contributed by atoms with van der Waals surface area (Å²) in [6, 6.07) is 1.07. The molecule has 1 rings (SSSR count). The van der Waals surface area contributed by atoms with Gasteiger partial charge in [0.25, 0.3) is 0 Å². The Hall–Kier alpha value is -0.0800. The van der Waals surface area contributed by atoms with Crippen LogP contribution < -0.4 is 5.32 Å². The highest BCUT2D eigenvalue weighted by Crippen LogP contribution is 2.37. The summed E-state index contributed by atoms with van der Waals surface area (Å²) in [5.74, 6) is 0.685. The molecule has 0 aromatic heterocycles. The zero-order chi connectivity index (χ0) is 12.6. The van der Waals surface area contributed by atoms with Crippen molar-refractivity contribution in [2.75, 3.05) is 0 Å². The molecule has 0 radical (unpaired) electrons. The zero-order valence-electron chi connectivity index (χ0n) is 12.1. The molecule has 2 unspecified atom stereocenters. The van der Waals surface area contributed by atoms with Crippen LogP contribution in [0.25, 0.3) is 0 Å². The largest absolute Gasteiger partial charge is 0.368 e. The summed E-state index contributed by atoms with van der Waals surface area (Å²) in [5.41, 5.74) is -0.0394. The van der Waals surface area contributed by atoms with Crippen molar-refractivity contribution >= 4 is 0 Å². The van der Waals surface area contributed by atoms with Crippen molar-refractivity contribution in [1.82, 2.24) is 5.32 Å². The normalized spacial score (nSPS) is 29.6. The van der Waals surface area contributed by atoms with E-state index in [-0.39, 0.29) is 11.2 Å². The van der Waals surface area contributed by atoms with Gasteiger partial charge in [-0.05, 0) is 46.5 Å². The Balaban J connectivity index is 2.67. The number of nitrogens with one attached hydrogen (secondary N) is 1. The van der Waals surface area contributed by atoms with Gasteiger partial charge in [-0.3, -0.25) is 0 Å². The molecule has 0 aromatic carbocycles. The first kappa shape index (κ1) is 14.0. The topological polar surface area (TPSA) is 21.3 Å². The van der Waals surface area contributed by atoms with Crippen molar-refractivity contribution in [2.45, 2.75) is 84.6 Å². The summed E-state index contributed by atoms with van der Waals surface area (Å²) in [6.07, 6.45) is 2.29. The second-order valence-electron chi connectivity index (χ2n) is 6.65. The molecular weight excluding hydrogens is 198 g/mol. The highest BCUT2D eigenvalue weighted by molar-refractivity contribution is 5.00. The van der Waals surface area contributed by atoms with Crippen LogP contribution in [-0.2, 0) is 4.74 Å². The molecule has 2 nitrogen and oxygen atoms in total. The van der Waals surface area contributed by atoms with E-state index in [4.69, 9.17) is 4.74 Å². The van der Waals surface area contributed by atoms with Crippen LogP contribution in [0.2, 0.25) is 0 Å². The number of ether oxygens (including phenoxy) is 1. The predicted molar refractivity (Wildman–Crippen MR) is 69.7 cm³/mol. The molecule has 2 atom stereocenters. The fourth-order valence-electron chi connectivity index (χ4n) is 2.86. The molecule has 0 spiro atoms. The fraction of sp³-hybridized carbons (Fsp3) is 1.00. The van der Waals surface area contributed by atoms with Crippen molar-refractivity contribution in [3.05, 3.63) is 0 Å². The minimum absolute atomic E-state index is 0.0104. The lowest BCUT2D eigenvalue weighted by molar-refractivity contribution is -0.0707. The molecule has 1 aliphatic rings. The van der Waals surface area contributed by atoms with Crippen LogP contribution >= 0.6 is 0 Å². The molecule has 96 valence electrons. The number of hydrogen-bond acceptors (Lipinski definition) is 2. The van der Waals surface area contributed by atoms with Crippen molar-refractivity contribution in [2.24, 2.45) is 5.92 Å². The molecule has 2 heteroatoms. The van der Waals surface area contributed by atoms with Gasteiger partial charge in [0.15, 0.2) is 0 Å². The molecule has 0 aromatic rings. The van der Waals surface area contributed by atoms with E-state index in [1.807, 2.05) is 0 Å². The van der Waals surface area contributed by atoms with Gasteiger partial charge in [-0.1, -0.05) is 20.8 Å². The highest BCUT2D eigenvalue weighted by atomic mass is 16.5. The van der Waals surface area contributed by atoms with Gasteiger partial charge < -0.3 is 10.1 Å². The first-order chi connectivity index (χ1) is 7.18. The average molecular weight is 227 g/mol. The fourth-order valence-corrected chi connectivity index (χ4v) is 2.86. The minimum atomic E-state index is -0.0498. The molecule has 1 heterocycles. The van der Waals surface area contributed by atoms with Gasteiger partial charge in [-0.25, -0.2) is 0 Å². The Morgan fingerprint density at radius 3 is 2.12 bits per heavy atom. The molecule has 16 heavy (non-hydrogen) atoms. The molecule has 1 N–H and O–H groups in total. The second-order valence-corrected chi connectivity index (χ2v) is 6.65. The van der Waals surface area contributed by atoms with Gasteiger partial charge in [-0.2, -0.15) is 0 Å². The van der Waals surface area contributed by atoms with Crippen molar-refractivity contribution in [3.8, 4) is 0 Å². The molecule has 1 fully saturated rings. The van der Waals surface area contributed by atoms with E-state index in [1.54, 1.807) is 0 Å². The molecular formula is C14H29NO. The van der Waals surface area contributed by atoms with E-state index < -0.39 is 0 Å². The summed E-state index contributed by atoms with van der Waals surface area (Å²) >= 11 is 0. The lowest BCUT2D eigenvalue weighted by Crippen LogP contribution is -2.49. The maximum Gasteiger partial charge on any atom is 0.0787 e. The van der Waals surface area contributed by atoms with Crippen LogP contribution in [0.1, 0.15) is 61.3 Å². The Morgan fingerprint density at radius 2 is 1.81 bits per heavy atom. The third-order valence-electron chi connectivity index (χ3n) is 3.73. The van der Waals surface area contributed by atoms with Gasteiger partial charge >= 0.3 is 0 Å². The van der Waals surface area contributed by atoms with Crippen LogP contribution in [0.3, 0.4) is 0 Å². The molecule has 0 saturated carbocycles. The molecule has 1 saturated heterocycles. The summed E-state index contributed by atoms with van der Waals surface area (Å²) in [4.78, 5) is 0. The maximum atomic E-state index is 6.11. The Kier molecular flexibility index (Phi) is 4.07. The van der Waals surface area contributed by atoms with Crippen LogP contribution in [0.4, 0.5) is 0 Å². The summed E-state index contributed by atoms with van der Waals surface area (Å²) in [7, 11) is 0. The summed E-state index contributed by atoms with van der Waals surface area (Å²) in [5, 5.41) is 3.79. The molecule has 1 aliphatic heterocycles. The van der Waals surface area contributed by atoms with E-state index in [0.717, 1.165) is 6.42 Å². The SMILES string of the molecule is CCC(NC1CC(C)(C)OC1(C)C)C(C)C. The second kappa shape index (κ2) is 4.66. The Morgan fingerprint density at radius 1 is 1.25 bits per heavy atom. The van der Waals surface area contributed by atoms with Crippen molar-refractivity contribution in [1.29, 1.82) is 0 Å². The Bertz CT molecular complexity index is 233. The third-order valence-corrected chi connectivity index (χ3v) is 3.73. The zero-order valence-corrected chi connectivity index (χ0v) is 12.1. The van der Waals surface area contributed by atoms with Crippen LogP contribution in [-0.4, -0.2) is 23.3 Å². The van der Waals surface area contributed by atoms with Crippen LogP contribution in [0.5, 0.6) is 0 Å². The molecule has 0 bridgehead atoms. The van der Waals surface area contributed by atoms with E-state index in [0.29, 0.717) is 18.0 Å². The standard InChI is InChI=1S/C14H29NO/c1-8-11(10(2)3)15-12-9-13(4,5)16-14(12,6)7/h10-12,15H,8-9H2,1-7H3. The van der Waals surface area contributed by atoms with Gasteiger partial charge in [0, 0.05) is 12.1 Å². The first-order valence-electron chi connectivity index (χ1n) is 6.64. The first-order valence-corrected chi connectivity index (χ1v) is 6.64. The van der Waals surface area contributed by atoms with E-state index in [1.165, 1.54) is 6.42 Å². The van der Waals surface area contributed by atoms with E-state index in [2.05, 4.69) is 53.8 Å². The van der Waals surface area contributed by atoms with Crippen LogP contribution in [0, 0.1) is 5.92 Å². The number of rotatable bonds is 4. The van der Waals surface area contributed by atoms with Gasteiger partial charge in [0.05, 0.1) is 11.2 Å². The Labute approximate surface area is 101 Å². The van der Waals surface area contributed by atoms with Crippen molar-refractivity contribution in [3.63, 3.8) is 0 Å².